The fraction of sp³-hybridized carbons (Fsp3) is 0.143. The normalized spacial score (nSPS) is 10.3. The second kappa shape index (κ2) is 9.72. The van der Waals surface area contributed by atoms with E-state index in [1.165, 1.54) is 25.5 Å². The van der Waals surface area contributed by atoms with Crippen molar-refractivity contribution in [2.45, 2.75) is 6.92 Å². The van der Waals surface area contributed by atoms with Crippen LogP contribution in [0.25, 0.3) is 0 Å². The first-order chi connectivity index (χ1) is 14.9. The van der Waals surface area contributed by atoms with Gasteiger partial charge in [-0.15, -0.1) is 11.3 Å². The third kappa shape index (κ3) is 5.58. The van der Waals surface area contributed by atoms with Gasteiger partial charge in [0.25, 0.3) is 17.7 Å². The van der Waals surface area contributed by atoms with Crippen molar-refractivity contribution in [2.75, 3.05) is 24.3 Å². The van der Waals surface area contributed by atoms with Crippen molar-refractivity contribution in [3.8, 4) is 0 Å². The van der Waals surface area contributed by atoms with Gasteiger partial charge in [0, 0.05) is 11.3 Å². The fourth-order valence-electron chi connectivity index (χ4n) is 2.57. The summed E-state index contributed by atoms with van der Waals surface area (Å²) in [5.74, 6) is -1.56. The number of nitrogens with one attached hydrogen (secondary N) is 3. The average molecular weight is 441 g/mol. The van der Waals surface area contributed by atoms with E-state index in [1.807, 2.05) is 0 Å². The number of hydrogen-bond donors (Lipinski definition) is 3. The van der Waals surface area contributed by atoms with Crippen LogP contribution in [0.4, 0.5) is 10.7 Å². The van der Waals surface area contributed by atoms with Crippen LogP contribution < -0.4 is 16.0 Å². The van der Waals surface area contributed by atoms with Gasteiger partial charge < -0.3 is 25.1 Å². The van der Waals surface area contributed by atoms with Crippen LogP contribution in [-0.2, 0) is 9.53 Å². The van der Waals surface area contributed by atoms with Gasteiger partial charge in [-0.25, -0.2) is 0 Å². The first-order valence-corrected chi connectivity index (χ1v) is 9.90. The predicted molar refractivity (Wildman–Crippen MR) is 114 cm³/mol. The van der Waals surface area contributed by atoms with E-state index in [4.69, 9.17) is 4.42 Å². The van der Waals surface area contributed by atoms with Crippen LogP contribution in [0.3, 0.4) is 0 Å². The minimum Gasteiger partial charge on any atom is -0.468 e. The number of furan rings is 1. The summed E-state index contributed by atoms with van der Waals surface area (Å²) >= 11 is 1.14. The number of ether oxygens (including phenoxy) is 1. The molecule has 3 aromatic rings. The van der Waals surface area contributed by atoms with Crippen molar-refractivity contribution >= 4 is 45.7 Å². The molecule has 1 aromatic carbocycles. The molecule has 3 rings (SSSR count). The molecule has 2 aromatic heterocycles. The van der Waals surface area contributed by atoms with Gasteiger partial charge in [-0.2, -0.15) is 0 Å². The zero-order chi connectivity index (χ0) is 22.4. The van der Waals surface area contributed by atoms with E-state index in [9.17, 15) is 19.2 Å². The van der Waals surface area contributed by atoms with Crippen LogP contribution in [0.2, 0.25) is 0 Å². The van der Waals surface area contributed by atoms with Crippen LogP contribution >= 0.6 is 11.3 Å². The molecule has 31 heavy (non-hydrogen) atoms. The van der Waals surface area contributed by atoms with E-state index >= 15 is 0 Å². The molecule has 160 valence electrons. The number of thiophene rings is 1. The van der Waals surface area contributed by atoms with Crippen molar-refractivity contribution in [3.05, 3.63) is 70.5 Å². The standard InChI is InChI=1S/C21H19N3O6S/c1-12-10-16(24-20(27)15-4-3-9-30-15)31-18(12)21(28)23-14-7-5-13(6-8-14)19(26)22-11-17(25)29-2/h3-10H,11H2,1-2H3,(H,22,26)(H,23,28)(H,24,27). The Bertz CT molecular complexity index is 1100. The van der Waals surface area contributed by atoms with Gasteiger partial charge in [0.1, 0.15) is 6.54 Å². The molecule has 9 nitrogen and oxygen atoms in total. The minimum absolute atomic E-state index is 0.174. The van der Waals surface area contributed by atoms with Gasteiger partial charge in [-0.3, -0.25) is 19.2 Å². The number of amides is 3. The molecule has 0 aliphatic carbocycles. The summed E-state index contributed by atoms with van der Waals surface area (Å²) in [4.78, 5) is 48.2. The van der Waals surface area contributed by atoms with Crippen molar-refractivity contribution in [1.82, 2.24) is 5.32 Å². The number of benzene rings is 1. The highest BCUT2D eigenvalue weighted by atomic mass is 32.1. The molecule has 3 N–H and O–H groups in total. The Morgan fingerprint density at radius 3 is 2.39 bits per heavy atom. The van der Waals surface area contributed by atoms with Crippen LogP contribution in [0.15, 0.2) is 53.1 Å². The summed E-state index contributed by atoms with van der Waals surface area (Å²) in [5.41, 5.74) is 1.52. The monoisotopic (exact) mass is 441 g/mol. The maximum Gasteiger partial charge on any atom is 0.325 e. The summed E-state index contributed by atoms with van der Waals surface area (Å²) < 4.78 is 9.52. The van der Waals surface area contributed by atoms with E-state index in [-0.39, 0.29) is 18.2 Å². The van der Waals surface area contributed by atoms with Crippen LogP contribution in [0, 0.1) is 6.92 Å². The van der Waals surface area contributed by atoms with E-state index in [1.54, 1.807) is 37.3 Å². The average Bonchev–Trinajstić information content (AvgIpc) is 3.42. The molecule has 0 bridgehead atoms. The van der Waals surface area contributed by atoms with Crippen molar-refractivity contribution in [2.24, 2.45) is 0 Å². The number of anilines is 2. The van der Waals surface area contributed by atoms with Gasteiger partial charge in [0.15, 0.2) is 5.76 Å². The van der Waals surface area contributed by atoms with Crippen LogP contribution in [0.5, 0.6) is 0 Å². The van der Waals surface area contributed by atoms with Crippen molar-refractivity contribution in [1.29, 1.82) is 0 Å². The lowest BCUT2D eigenvalue weighted by atomic mass is 10.2. The summed E-state index contributed by atoms with van der Waals surface area (Å²) in [6.45, 7) is 1.53. The highest BCUT2D eigenvalue weighted by Crippen LogP contribution is 2.28. The van der Waals surface area contributed by atoms with Crippen molar-refractivity contribution < 1.29 is 28.3 Å². The first kappa shape index (κ1) is 21.8. The van der Waals surface area contributed by atoms with E-state index < -0.39 is 17.8 Å². The van der Waals surface area contributed by atoms with E-state index in [2.05, 4.69) is 20.7 Å². The van der Waals surface area contributed by atoms with Gasteiger partial charge in [0.05, 0.1) is 23.3 Å². The van der Waals surface area contributed by atoms with Gasteiger partial charge in [0.2, 0.25) is 0 Å². The Hall–Kier alpha value is -3.92. The molecule has 0 aliphatic rings. The first-order valence-electron chi connectivity index (χ1n) is 9.09. The number of carbonyl (C=O) groups excluding carboxylic acids is 4. The second-order valence-electron chi connectivity index (χ2n) is 6.34. The Kier molecular flexibility index (Phi) is 6.83. The lowest BCUT2D eigenvalue weighted by Crippen LogP contribution is -2.30. The number of methoxy groups -OCH3 is 1. The van der Waals surface area contributed by atoms with Crippen LogP contribution in [-0.4, -0.2) is 37.3 Å². The molecule has 2 heterocycles. The topological polar surface area (TPSA) is 127 Å². The molecule has 0 radical (unpaired) electrons. The Morgan fingerprint density at radius 2 is 1.74 bits per heavy atom. The van der Waals surface area contributed by atoms with Gasteiger partial charge >= 0.3 is 5.97 Å². The zero-order valence-electron chi connectivity index (χ0n) is 16.7. The number of aryl methyl sites for hydroxylation is 1. The Labute approximate surface area is 181 Å². The molecule has 0 aliphatic heterocycles. The molecule has 0 saturated carbocycles. The van der Waals surface area contributed by atoms with E-state index in [0.29, 0.717) is 26.7 Å². The number of rotatable bonds is 7. The lowest BCUT2D eigenvalue weighted by molar-refractivity contribution is -0.139. The number of carbonyl (C=O) groups is 4. The molecule has 0 unspecified atom stereocenters. The molecular formula is C21H19N3O6S. The summed E-state index contributed by atoms with van der Waals surface area (Å²) in [6.07, 6.45) is 1.40. The molecule has 0 spiro atoms. The largest absolute Gasteiger partial charge is 0.468 e. The fourth-order valence-corrected chi connectivity index (χ4v) is 3.53. The Balaban J connectivity index is 1.61. The SMILES string of the molecule is COC(=O)CNC(=O)c1ccc(NC(=O)c2sc(NC(=O)c3ccco3)cc2C)cc1. The third-order valence-electron chi connectivity index (χ3n) is 4.13. The lowest BCUT2D eigenvalue weighted by Gasteiger charge is -2.07. The summed E-state index contributed by atoms with van der Waals surface area (Å²) in [6, 6.07) is 11.1. The van der Waals surface area contributed by atoms with Crippen molar-refractivity contribution in [3.63, 3.8) is 0 Å². The quantitative estimate of drug-likeness (QED) is 0.484. The molecular weight excluding hydrogens is 422 g/mol. The smallest absolute Gasteiger partial charge is 0.325 e. The molecule has 0 fully saturated rings. The summed E-state index contributed by atoms with van der Waals surface area (Å²) in [7, 11) is 1.23. The Morgan fingerprint density at radius 1 is 1.00 bits per heavy atom. The maximum atomic E-state index is 12.6. The molecule has 0 atom stereocenters. The minimum atomic E-state index is -0.553. The number of esters is 1. The van der Waals surface area contributed by atoms with Gasteiger partial charge in [-0.1, -0.05) is 0 Å². The second-order valence-corrected chi connectivity index (χ2v) is 7.40. The maximum absolute atomic E-state index is 12.6. The highest BCUT2D eigenvalue weighted by molar-refractivity contribution is 7.18. The van der Waals surface area contributed by atoms with E-state index in [0.717, 1.165) is 11.3 Å². The molecule has 3 amide bonds. The molecule has 10 heteroatoms. The van der Waals surface area contributed by atoms with Crippen LogP contribution in [0.1, 0.15) is 36.1 Å². The zero-order valence-corrected chi connectivity index (χ0v) is 17.5. The van der Waals surface area contributed by atoms with Gasteiger partial charge in [-0.05, 0) is 55.0 Å². The highest BCUT2D eigenvalue weighted by Gasteiger charge is 2.17. The summed E-state index contributed by atoms with van der Waals surface area (Å²) in [5, 5.41) is 8.40. The number of hydrogen-bond acceptors (Lipinski definition) is 7. The molecule has 0 saturated heterocycles. The third-order valence-corrected chi connectivity index (χ3v) is 5.28. The predicted octanol–water partition coefficient (Wildman–Crippen LogP) is 3.06.